The van der Waals surface area contributed by atoms with E-state index in [9.17, 15) is 4.79 Å². The summed E-state index contributed by atoms with van der Waals surface area (Å²) in [5, 5.41) is 3.32. The molecule has 0 saturated heterocycles. The number of aryl methyl sites for hydroxylation is 2. The normalized spacial score (nSPS) is 10.3. The van der Waals surface area contributed by atoms with Gasteiger partial charge in [0, 0.05) is 22.0 Å². The summed E-state index contributed by atoms with van der Waals surface area (Å²) < 4.78 is 0. The third-order valence-electron chi connectivity index (χ3n) is 2.82. The van der Waals surface area contributed by atoms with Gasteiger partial charge in [-0.05, 0) is 49.2 Å². The first-order valence-electron chi connectivity index (χ1n) is 5.90. The number of amides is 1. The van der Waals surface area contributed by atoms with Crippen LogP contribution in [0.5, 0.6) is 0 Å². The van der Waals surface area contributed by atoms with Gasteiger partial charge < -0.3 is 11.1 Å². The fraction of sp³-hybridized carbons (Fsp3) is 0.133. The smallest absolute Gasteiger partial charge is 0.255 e. The van der Waals surface area contributed by atoms with Crippen LogP contribution in [0.15, 0.2) is 36.4 Å². The van der Waals surface area contributed by atoms with E-state index in [1.165, 1.54) is 0 Å². The maximum Gasteiger partial charge on any atom is 0.255 e. The number of nitrogens with two attached hydrogens (primary N) is 1. The molecule has 3 N–H and O–H groups in total. The lowest BCUT2D eigenvalue weighted by Gasteiger charge is -2.10. The van der Waals surface area contributed by atoms with Crippen molar-refractivity contribution in [2.45, 2.75) is 13.8 Å². The second-order valence-electron chi connectivity index (χ2n) is 4.55. The van der Waals surface area contributed by atoms with Crippen molar-refractivity contribution in [3.05, 3.63) is 58.1 Å². The molecule has 0 aliphatic heterocycles. The lowest BCUT2D eigenvalue weighted by atomic mass is 10.1. The zero-order valence-corrected chi connectivity index (χ0v) is 11.6. The number of carbonyl (C=O) groups is 1. The maximum atomic E-state index is 12.2. The summed E-state index contributed by atoms with van der Waals surface area (Å²) in [7, 11) is 0. The number of rotatable bonds is 2. The first kappa shape index (κ1) is 13.4. The molecule has 0 aliphatic carbocycles. The molecule has 19 heavy (non-hydrogen) atoms. The minimum atomic E-state index is -0.220. The second kappa shape index (κ2) is 5.33. The molecular weight excluding hydrogens is 260 g/mol. The van der Waals surface area contributed by atoms with Gasteiger partial charge in [-0.25, -0.2) is 0 Å². The molecule has 0 unspecified atom stereocenters. The molecule has 0 aromatic heterocycles. The van der Waals surface area contributed by atoms with Crippen LogP contribution in [0.25, 0.3) is 0 Å². The Balaban J connectivity index is 2.28. The molecule has 0 saturated carbocycles. The van der Waals surface area contributed by atoms with Crippen LogP contribution in [-0.4, -0.2) is 5.91 Å². The van der Waals surface area contributed by atoms with Gasteiger partial charge in [-0.1, -0.05) is 23.7 Å². The van der Waals surface area contributed by atoms with E-state index >= 15 is 0 Å². The Labute approximate surface area is 117 Å². The number of hydrogen-bond acceptors (Lipinski definition) is 2. The van der Waals surface area contributed by atoms with E-state index < -0.39 is 0 Å². The Bertz CT molecular complexity index is 618. The highest BCUT2D eigenvalue weighted by molar-refractivity contribution is 6.31. The average Bonchev–Trinajstić information content (AvgIpc) is 2.32. The third-order valence-corrected chi connectivity index (χ3v) is 3.04. The number of nitrogen functional groups attached to an aromatic ring is 1. The highest BCUT2D eigenvalue weighted by atomic mass is 35.5. The Kier molecular flexibility index (Phi) is 3.76. The number of hydrogen-bond donors (Lipinski definition) is 2. The fourth-order valence-electron chi connectivity index (χ4n) is 1.81. The first-order chi connectivity index (χ1) is 8.95. The Hall–Kier alpha value is -2.00. The van der Waals surface area contributed by atoms with Gasteiger partial charge in [0.2, 0.25) is 0 Å². The van der Waals surface area contributed by atoms with E-state index in [0.29, 0.717) is 16.3 Å². The number of carbonyl (C=O) groups excluding carboxylic acids is 1. The van der Waals surface area contributed by atoms with Gasteiger partial charge >= 0.3 is 0 Å². The minimum Gasteiger partial charge on any atom is -0.399 e. The van der Waals surface area contributed by atoms with Crippen LogP contribution < -0.4 is 11.1 Å². The molecule has 0 bridgehead atoms. The van der Waals surface area contributed by atoms with E-state index in [-0.39, 0.29) is 5.91 Å². The quantitative estimate of drug-likeness (QED) is 0.819. The largest absolute Gasteiger partial charge is 0.399 e. The zero-order valence-electron chi connectivity index (χ0n) is 10.8. The molecule has 98 valence electrons. The summed E-state index contributed by atoms with van der Waals surface area (Å²) in [5.41, 5.74) is 9.49. The fourth-order valence-corrected chi connectivity index (χ4v) is 2.05. The van der Waals surface area contributed by atoms with E-state index in [4.69, 9.17) is 17.3 Å². The highest BCUT2D eigenvalue weighted by Crippen LogP contribution is 2.20. The van der Waals surface area contributed by atoms with Crippen molar-refractivity contribution in [1.82, 2.24) is 0 Å². The number of anilines is 2. The molecule has 0 aliphatic rings. The lowest BCUT2D eigenvalue weighted by Crippen LogP contribution is -2.13. The minimum absolute atomic E-state index is 0.220. The van der Waals surface area contributed by atoms with Gasteiger partial charge in [-0.3, -0.25) is 4.79 Å². The van der Waals surface area contributed by atoms with E-state index in [2.05, 4.69) is 5.32 Å². The highest BCUT2D eigenvalue weighted by Gasteiger charge is 2.09. The second-order valence-corrected chi connectivity index (χ2v) is 4.98. The SMILES string of the molecule is Cc1ccc(C)c(NC(=O)c2cc(N)cc(Cl)c2)c1. The van der Waals surface area contributed by atoms with E-state index in [1.54, 1.807) is 18.2 Å². The molecule has 2 aromatic carbocycles. The molecule has 0 heterocycles. The molecule has 1 amide bonds. The summed E-state index contributed by atoms with van der Waals surface area (Å²) >= 11 is 5.89. The topological polar surface area (TPSA) is 55.1 Å². The van der Waals surface area contributed by atoms with Gasteiger partial charge in [0.1, 0.15) is 0 Å². The summed E-state index contributed by atoms with van der Waals surface area (Å²) in [6.45, 7) is 3.92. The Morgan fingerprint density at radius 2 is 1.89 bits per heavy atom. The number of nitrogens with one attached hydrogen (secondary N) is 1. The monoisotopic (exact) mass is 274 g/mol. The molecule has 0 fully saturated rings. The van der Waals surface area contributed by atoms with E-state index in [1.807, 2.05) is 32.0 Å². The number of halogens is 1. The molecule has 0 spiro atoms. The zero-order chi connectivity index (χ0) is 14.0. The van der Waals surface area contributed by atoms with Crippen molar-refractivity contribution in [3.8, 4) is 0 Å². The standard InChI is InChI=1S/C15H15ClN2O/c1-9-3-4-10(2)14(5-9)18-15(19)11-6-12(16)8-13(17)7-11/h3-8H,17H2,1-2H3,(H,18,19). The van der Waals surface area contributed by atoms with Crippen LogP contribution in [0.1, 0.15) is 21.5 Å². The van der Waals surface area contributed by atoms with Crippen LogP contribution in [0.2, 0.25) is 5.02 Å². The van der Waals surface area contributed by atoms with Gasteiger partial charge in [0.05, 0.1) is 0 Å². The summed E-state index contributed by atoms with van der Waals surface area (Å²) in [6, 6.07) is 10.7. The van der Waals surface area contributed by atoms with Crippen molar-refractivity contribution in [3.63, 3.8) is 0 Å². The van der Waals surface area contributed by atoms with Gasteiger partial charge in [-0.2, -0.15) is 0 Å². The van der Waals surface area contributed by atoms with E-state index in [0.717, 1.165) is 16.8 Å². The average molecular weight is 275 g/mol. The number of benzene rings is 2. The molecule has 0 radical (unpaired) electrons. The molecule has 0 atom stereocenters. The molecule has 3 nitrogen and oxygen atoms in total. The van der Waals surface area contributed by atoms with Crippen molar-refractivity contribution in [2.75, 3.05) is 11.1 Å². The van der Waals surface area contributed by atoms with Gasteiger partial charge in [-0.15, -0.1) is 0 Å². The van der Waals surface area contributed by atoms with Crippen LogP contribution in [0, 0.1) is 13.8 Å². The Morgan fingerprint density at radius 3 is 2.58 bits per heavy atom. The molecular formula is C15H15ClN2O. The predicted molar refractivity (Wildman–Crippen MR) is 79.7 cm³/mol. The van der Waals surface area contributed by atoms with Crippen molar-refractivity contribution >= 4 is 28.9 Å². The van der Waals surface area contributed by atoms with Gasteiger partial charge in [0.25, 0.3) is 5.91 Å². The molecule has 4 heteroatoms. The van der Waals surface area contributed by atoms with Crippen molar-refractivity contribution in [2.24, 2.45) is 0 Å². The van der Waals surface area contributed by atoms with Crippen LogP contribution >= 0.6 is 11.6 Å². The van der Waals surface area contributed by atoms with Crippen molar-refractivity contribution < 1.29 is 4.79 Å². The Morgan fingerprint density at radius 1 is 1.16 bits per heavy atom. The first-order valence-corrected chi connectivity index (χ1v) is 6.28. The van der Waals surface area contributed by atoms with Gasteiger partial charge in [0.15, 0.2) is 0 Å². The molecule has 2 aromatic rings. The summed E-state index contributed by atoms with van der Waals surface area (Å²) in [4.78, 5) is 12.2. The molecule has 2 rings (SSSR count). The third kappa shape index (κ3) is 3.26. The maximum absolute atomic E-state index is 12.2. The van der Waals surface area contributed by atoms with Crippen molar-refractivity contribution in [1.29, 1.82) is 0 Å². The summed E-state index contributed by atoms with van der Waals surface area (Å²) in [5.74, 6) is -0.220. The predicted octanol–water partition coefficient (Wildman–Crippen LogP) is 3.79. The summed E-state index contributed by atoms with van der Waals surface area (Å²) in [6.07, 6.45) is 0. The van der Waals surface area contributed by atoms with Crippen LogP contribution in [-0.2, 0) is 0 Å². The van der Waals surface area contributed by atoms with Crippen LogP contribution in [0.3, 0.4) is 0 Å². The van der Waals surface area contributed by atoms with Crippen LogP contribution in [0.4, 0.5) is 11.4 Å². The lowest BCUT2D eigenvalue weighted by molar-refractivity contribution is 0.102.